The van der Waals surface area contributed by atoms with E-state index in [9.17, 15) is 0 Å². The fourth-order valence-electron chi connectivity index (χ4n) is 5.03. The lowest BCUT2D eigenvalue weighted by atomic mass is 9.55. The number of aryl methyl sites for hydroxylation is 1. The fraction of sp³-hybridized carbons (Fsp3) is 0.810. The van der Waals surface area contributed by atoms with Crippen LogP contribution in [0.15, 0.2) is 17.4 Å². The Balaban J connectivity index is 1.61. The number of guanidine groups is 1. The summed E-state index contributed by atoms with van der Waals surface area (Å²) >= 11 is 0. The van der Waals surface area contributed by atoms with E-state index in [0.29, 0.717) is 12.1 Å². The highest BCUT2D eigenvalue weighted by Crippen LogP contribution is 2.53. The predicted octanol–water partition coefficient (Wildman–Crippen LogP) is 2.32. The van der Waals surface area contributed by atoms with E-state index in [1.54, 1.807) is 0 Å². The molecule has 0 bridgehead atoms. The van der Waals surface area contributed by atoms with E-state index in [0.717, 1.165) is 25.5 Å². The Morgan fingerprint density at radius 3 is 2.71 bits per heavy atom. The first-order chi connectivity index (χ1) is 13.5. The number of aromatic nitrogens is 2. The SMILES string of the molecule is CCOC1CC(NC(=NC)NCC(c2cnn(C)c2)N(C)C)C12CCCCC2. The van der Waals surface area contributed by atoms with Crippen LogP contribution in [0, 0.1) is 5.41 Å². The van der Waals surface area contributed by atoms with Gasteiger partial charge in [0.2, 0.25) is 0 Å². The molecule has 1 aromatic rings. The lowest BCUT2D eigenvalue weighted by Crippen LogP contribution is -2.66. The zero-order chi connectivity index (χ0) is 20.1. The minimum absolute atomic E-state index is 0.244. The number of hydrogen-bond acceptors (Lipinski definition) is 4. The van der Waals surface area contributed by atoms with Gasteiger partial charge in [0, 0.05) is 50.5 Å². The molecule has 2 N–H and O–H groups in total. The first kappa shape index (κ1) is 21.1. The summed E-state index contributed by atoms with van der Waals surface area (Å²) in [5, 5.41) is 11.6. The van der Waals surface area contributed by atoms with Gasteiger partial charge in [0.1, 0.15) is 0 Å². The Bertz CT molecular complexity index is 649. The van der Waals surface area contributed by atoms with Gasteiger partial charge in [-0.1, -0.05) is 19.3 Å². The molecule has 1 aromatic heterocycles. The molecule has 1 spiro atoms. The van der Waals surface area contributed by atoms with Crippen molar-refractivity contribution in [2.45, 2.75) is 63.6 Å². The fourth-order valence-corrected chi connectivity index (χ4v) is 5.03. The maximum absolute atomic E-state index is 6.09. The van der Waals surface area contributed by atoms with E-state index in [2.05, 4.69) is 52.8 Å². The third kappa shape index (κ3) is 4.35. The Labute approximate surface area is 169 Å². The normalized spacial score (nSPS) is 25.6. The molecule has 2 saturated carbocycles. The van der Waals surface area contributed by atoms with Gasteiger partial charge >= 0.3 is 0 Å². The third-order valence-electron chi connectivity index (χ3n) is 6.67. The van der Waals surface area contributed by atoms with Crippen molar-refractivity contribution in [2.75, 3.05) is 34.3 Å². The maximum Gasteiger partial charge on any atom is 0.191 e. The number of nitrogens with one attached hydrogen (secondary N) is 2. The van der Waals surface area contributed by atoms with E-state index < -0.39 is 0 Å². The van der Waals surface area contributed by atoms with Gasteiger partial charge in [-0.3, -0.25) is 9.67 Å². The molecular formula is C21H38N6O. The van der Waals surface area contributed by atoms with Crippen molar-refractivity contribution in [1.29, 1.82) is 0 Å². The van der Waals surface area contributed by atoms with Crippen molar-refractivity contribution in [2.24, 2.45) is 17.5 Å². The zero-order valence-electron chi connectivity index (χ0n) is 18.2. The largest absolute Gasteiger partial charge is 0.378 e. The van der Waals surface area contributed by atoms with Crippen LogP contribution in [0.3, 0.4) is 0 Å². The van der Waals surface area contributed by atoms with E-state index in [4.69, 9.17) is 4.74 Å². The zero-order valence-corrected chi connectivity index (χ0v) is 18.2. The molecule has 0 saturated heterocycles. The van der Waals surface area contributed by atoms with Gasteiger partial charge in [0.25, 0.3) is 0 Å². The number of ether oxygens (including phenoxy) is 1. The van der Waals surface area contributed by atoms with Crippen LogP contribution in [-0.4, -0.2) is 67.1 Å². The molecule has 2 aliphatic rings. The second-order valence-corrected chi connectivity index (χ2v) is 8.55. The van der Waals surface area contributed by atoms with Gasteiger partial charge in [-0.05, 0) is 40.3 Å². The second-order valence-electron chi connectivity index (χ2n) is 8.55. The molecule has 0 amide bonds. The highest BCUT2D eigenvalue weighted by Gasteiger charge is 2.55. The molecule has 0 aromatic carbocycles. The molecule has 7 nitrogen and oxygen atoms in total. The van der Waals surface area contributed by atoms with Gasteiger partial charge in [0.05, 0.1) is 18.3 Å². The summed E-state index contributed by atoms with van der Waals surface area (Å²) < 4.78 is 7.95. The Kier molecular flexibility index (Phi) is 6.99. The Hall–Kier alpha value is -1.60. The van der Waals surface area contributed by atoms with Crippen molar-refractivity contribution in [3.63, 3.8) is 0 Å². The van der Waals surface area contributed by atoms with E-state index in [1.807, 2.05) is 25.0 Å². The number of hydrogen-bond donors (Lipinski definition) is 2. The van der Waals surface area contributed by atoms with Crippen molar-refractivity contribution in [3.8, 4) is 0 Å². The monoisotopic (exact) mass is 390 g/mol. The van der Waals surface area contributed by atoms with Crippen LogP contribution in [0.2, 0.25) is 0 Å². The summed E-state index contributed by atoms with van der Waals surface area (Å²) in [6, 6.07) is 0.695. The van der Waals surface area contributed by atoms with Gasteiger partial charge in [-0.15, -0.1) is 0 Å². The Morgan fingerprint density at radius 2 is 2.14 bits per heavy atom. The molecule has 2 aliphatic carbocycles. The molecule has 1 heterocycles. The number of nitrogens with zero attached hydrogens (tertiary/aromatic N) is 4. The smallest absolute Gasteiger partial charge is 0.191 e. The number of aliphatic imine (C=N–C) groups is 1. The van der Waals surface area contributed by atoms with Gasteiger partial charge in [-0.2, -0.15) is 5.10 Å². The molecule has 158 valence electrons. The summed E-state index contributed by atoms with van der Waals surface area (Å²) in [6.45, 7) is 3.70. The van der Waals surface area contributed by atoms with Crippen molar-refractivity contribution in [3.05, 3.63) is 18.0 Å². The maximum atomic E-state index is 6.09. The number of rotatable bonds is 7. The van der Waals surface area contributed by atoms with E-state index in [1.165, 1.54) is 37.7 Å². The standard InChI is InChI=1S/C21H38N6O/c1-6-28-19-12-18(21(19)10-8-7-9-11-21)25-20(22-2)23-14-17(26(3)4)16-13-24-27(5)15-16/h13,15,17-19H,6-12,14H2,1-5H3,(H2,22,23,25). The molecule has 0 aliphatic heterocycles. The molecule has 2 fully saturated rings. The van der Waals surface area contributed by atoms with Crippen LogP contribution in [0.5, 0.6) is 0 Å². The lowest BCUT2D eigenvalue weighted by Gasteiger charge is -2.58. The molecule has 3 rings (SSSR count). The highest BCUT2D eigenvalue weighted by atomic mass is 16.5. The third-order valence-corrected chi connectivity index (χ3v) is 6.67. The predicted molar refractivity (Wildman–Crippen MR) is 113 cm³/mol. The van der Waals surface area contributed by atoms with Crippen LogP contribution in [-0.2, 0) is 11.8 Å². The lowest BCUT2D eigenvalue weighted by molar-refractivity contribution is -0.145. The summed E-state index contributed by atoms with van der Waals surface area (Å²) in [5.74, 6) is 0.889. The summed E-state index contributed by atoms with van der Waals surface area (Å²) in [7, 11) is 8.02. The first-order valence-electron chi connectivity index (χ1n) is 10.7. The quantitative estimate of drug-likeness (QED) is 0.552. The van der Waals surface area contributed by atoms with Gasteiger partial charge < -0.3 is 20.3 Å². The van der Waals surface area contributed by atoms with Gasteiger partial charge in [0.15, 0.2) is 5.96 Å². The van der Waals surface area contributed by atoms with Gasteiger partial charge in [-0.25, -0.2) is 0 Å². The van der Waals surface area contributed by atoms with E-state index in [-0.39, 0.29) is 11.5 Å². The second kappa shape index (κ2) is 9.27. The topological polar surface area (TPSA) is 66.7 Å². The van der Waals surface area contributed by atoms with Crippen molar-refractivity contribution >= 4 is 5.96 Å². The first-order valence-corrected chi connectivity index (χ1v) is 10.7. The van der Waals surface area contributed by atoms with E-state index >= 15 is 0 Å². The summed E-state index contributed by atoms with van der Waals surface area (Å²) in [6.07, 6.45) is 12.0. The Morgan fingerprint density at radius 1 is 1.39 bits per heavy atom. The van der Waals surface area contributed by atoms with Crippen LogP contribution in [0.4, 0.5) is 0 Å². The summed E-state index contributed by atoms with van der Waals surface area (Å²) in [5.41, 5.74) is 1.50. The molecular weight excluding hydrogens is 352 g/mol. The molecule has 3 atom stereocenters. The molecule has 0 radical (unpaired) electrons. The van der Waals surface area contributed by atoms with Crippen molar-refractivity contribution < 1.29 is 4.74 Å². The molecule has 7 heteroatoms. The number of likely N-dealkylation sites (N-methyl/N-ethyl adjacent to an activating group) is 1. The van der Waals surface area contributed by atoms with Crippen LogP contribution in [0.1, 0.15) is 57.1 Å². The minimum atomic E-state index is 0.244. The van der Waals surface area contributed by atoms with Crippen molar-refractivity contribution in [1.82, 2.24) is 25.3 Å². The average molecular weight is 391 g/mol. The van der Waals surface area contributed by atoms with Crippen LogP contribution < -0.4 is 10.6 Å². The molecule has 3 unspecified atom stereocenters. The molecule has 28 heavy (non-hydrogen) atoms. The minimum Gasteiger partial charge on any atom is -0.378 e. The van der Waals surface area contributed by atoms with Crippen LogP contribution >= 0.6 is 0 Å². The summed E-state index contributed by atoms with van der Waals surface area (Å²) in [4.78, 5) is 6.72. The van der Waals surface area contributed by atoms with Crippen LogP contribution in [0.25, 0.3) is 0 Å². The average Bonchev–Trinajstić information content (AvgIpc) is 3.12. The highest BCUT2D eigenvalue weighted by molar-refractivity contribution is 5.80.